The van der Waals surface area contributed by atoms with Gasteiger partial charge in [0.05, 0.1) is 18.9 Å². The van der Waals surface area contributed by atoms with Crippen LogP contribution in [0.5, 0.6) is 0 Å². The number of ether oxygens (including phenoxy) is 1. The molecule has 5 heteroatoms. The van der Waals surface area contributed by atoms with Gasteiger partial charge in [-0.05, 0) is 37.5 Å². The molecule has 114 valence electrons. The molecule has 1 aromatic rings. The van der Waals surface area contributed by atoms with E-state index >= 15 is 0 Å². The molecule has 0 N–H and O–H groups in total. The summed E-state index contributed by atoms with van der Waals surface area (Å²) in [6, 6.07) is 6.04. The number of halogens is 1. The van der Waals surface area contributed by atoms with Crippen LogP contribution >= 0.6 is 0 Å². The summed E-state index contributed by atoms with van der Waals surface area (Å²) in [7, 11) is 0. The molecular weight excluding hydrogens is 273 g/mol. The van der Waals surface area contributed by atoms with Crippen LogP contribution in [0.1, 0.15) is 25.3 Å². The van der Waals surface area contributed by atoms with Crippen molar-refractivity contribution in [2.24, 2.45) is 5.92 Å². The molecule has 1 aliphatic rings. The number of benzene rings is 1. The number of piperidine rings is 1. The maximum atomic E-state index is 13.1. The molecule has 1 amide bonds. The molecule has 0 spiro atoms. The number of carbonyl (C=O) groups is 2. The molecule has 2 rings (SSSR count). The lowest BCUT2D eigenvalue weighted by molar-refractivity contribution is -0.151. The number of hydrogen-bond acceptors (Lipinski definition) is 3. The molecule has 0 unspecified atom stereocenters. The summed E-state index contributed by atoms with van der Waals surface area (Å²) in [4.78, 5) is 25.7. The zero-order valence-corrected chi connectivity index (χ0v) is 12.2. The van der Waals surface area contributed by atoms with Gasteiger partial charge >= 0.3 is 5.97 Å². The predicted octanol–water partition coefficient (Wildman–Crippen LogP) is 2.17. The zero-order valence-electron chi connectivity index (χ0n) is 12.2. The molecule has 1 aliphatic heterocycles. The van der Waals surface area contributed by atoms with E-state index in [4.69, 9.17) is 4.74 Å². The first-order valence-electron chi connectivity index (χ1n) is 7.29. The minimum atomic E-state index is -0.344. The van der Waals surface area contributed by atoms with Gasteiger partial charge < -0.3 is 9.64 Å². The van der Waals surface area contributed by atoms with E-state index in [2.05, 4.69) is 0 Å². The fourth-order valence-electron chi connectivity index (χ4n) is 2.59. The highest BCUT2D eigenvalue weighted by Gasteiger charge is 2.29. The molecule has 1 fully saturated rings. The van der Waals surface area contributed by atoms with E-state index in [1.165, 1.54) is 12.1 Å². The first-order valence-corrected chi connectivity index (χ1v) is 7.29. The molecule has 1 heterocycles. The second-order valence-corrected chi connectivity index (χ2v) is 5.24. The van der Waals surface area contributed by atoms with Crippen LogP contribution in [0.15, 0.2) is 24.3 Å². The molecular formula is C16H20FNO3. The van der Waals surface area contributed by atoms with Gasteiger partial charge in [-0.15, -0.1) is 0 Å². The third-order valence-electron chi connectivity index (χ3n) is 3.64. The lowest BCUT2D eigenvalue weighted by atomic mass is 9.97. The fraction of sp³-hybridized carbons (Fsp3) is 0.500. The Morgan fingerprint density at radius 2 is 2.24 bits per heavy atom. The normalized spacial score (nSPS) is 18.4. The average Bonchev–Trinajstić information content (AvgIpc) is 2.47. The predicted molar refractivity (Wildman–Crippen MR) is 76.0 cm³/mol. The third-order valence-corrected chi connectivity index (χ3v) is 3.64. The van der Waals surface area contributed by atoms with Crippen molar-refractivity contribution in [3.63, 3.8) is 0 Å². The van der Waals surface area contributed by atoms with Crippen LogP contribution in [0.25, 0.3) is 0 Å². The highest BCUT2D eigenvalue weighted by atomic mass is 19.1. The molecule has 21 heavy (non-hydrogen) atoms. The standard InChI is InChI=1S/C16H20FNO3/c1-2-21-16(20)13-6-4-8-18(11-13)15(19)10-12-5-3-7-14(17)9-12/h3,5,7,9,13H,2,4,6,8,10-11H2,1H3/t13-/m0/s1. The number of amides is 1. The van der Waals surface area contributed by atoms with Gasteiger partial charge in [0.15, 0.2) is 0 Å². The lowest BCUT2D eigenvalue weighted by Gasteiger charge is -2.31. The number of nitrogens with zero attached hydrogens (tertiary/aromatic N) is 1. The maximum absolute atomic E-state index is 13.1. The van der Waals surface area contributed by atoms with Crippen molar-refractivity contribution < 1.29 is 18.7 Å². The lowest BCUT2D eigenvalue weighted by Crippen LogP contribution is -2.43. The summed E-state index contributed by atoms with van der Waals surface area (Å²) in [5.74, 6) is -0.895. The van der Waals surface area contributed by atoms with Crippen molar-refractivity contribution in [1.29, 1.82) is 0 Å². The van der Waals surface area contributed by atoms with Crippen LogP contribution in [0.2, 0.25) is 0 Å². The van der Waals surface area contributed by atoms with E-state index in [0.717, 1.165) is 12.8 Å². The topological polar surface area (TPSA) is 46.6 Å². The summed E-state index contributed by atoms with van der Waals surface area (Å²) in [5.41, 5.74) is 0.651. The summed E-state index contributed by atoms with van der Waals surface area (Å²) < 4.78 is 18.1. The summed E-state index contributed by atoms with van der Waals surface area (Å²) in [6.07, 6.45) is 1.70. The smallest absolute Gasteiger partial charge is 0.310 e. The number of likely N-dealkylation sites (tertiary alicyclic amines) is 1. The number of esters is 1. The quantitative estimate of drug-likeness (QED) is 0.799. The maximum Gasteiger partial charge on any atom is 0.310 e. The largest absolute Gasteiger partial charge is 0.466 e. The number of carbonyl (C=O) groups excluding carboxylic acids is 2. The Morgan fingerprint density at radius 3 is 2.95 bits per heavy atom. The van der Waals surface area contributed by atoms with Crippen molar-refractivity contribution in [3.8, 4) is 0 Å². The SMILES string of the molecule is CCOC(=O)[C@H]1CCCN(C(=O)Cc2cccc(F)c2)C1. The van der Waals surface area contributed by atoms with Gasteiger partial charge in [0.1, 0.15) is 5.82 Å². The first kappa shape index (κ1) is 15.5. The Kier molecular flexibility index (Phi) is 5.31. The van der Waals surface area contributed by atoms with Gasteiger partial charge in [0.25, 0.3) is 0 Å². The fourth-order valence-corrected chi connectivity index (χ4v) is 2.59. The highest BCUT2D eigenvalue weighted by molar-refractivity contribution is 5.80. The van der Waals surface area contributed by atoms with E-state index in [0.29, 0.717) is 25.3 Å². The zero-order chi connectivity index (χ0) is 15.2. The highest BCUT2D eigenvalue weighted by Crippen LogP contribution is 2.19. The number of rotatable bonds is 4. The van der Waals surface area contributed by atoms with Crippen LogP contribution in [0.4, 0.5) is 4.39 Å². The Hall–Kier alpha value is -1.91. The van der Waals surface area contributed by atoms with Crippen molar-refractivity contribution in [1.82, 2.24) is 4.90 Å². The van der Waals surface area contributed by atoms with Gasteiger partial charge in [-0.3, -0.25) is 9.59 Å². The molecule has 0 saturated carbocycles. The van der Waals surface area contributed by atoms with Gasteiger partial charge in [0, 0.05) is 13.1 Å². The molecule has 0 radical (unpaired) electrons. The van der Waals surface area contributed by atoms with E-state index in [9.17, 15) is 14.0 Å². The van der Waals surface area contributed by atoms with Crippen molar-refractivity contribution in [2.45, 2.75) is 26.2 Å². The third kappa shape index (κ3) is 4.28. The molecule has 1 aromatic carbocycles. The van der Waals surface area contributed by atoms with Gasteiger partial charge in [0.2, 0.25) is 5.91 Å². The molecule has 1 saturated heterocycles. The molecule has 1 atom stereocenters. The van der Waals surface area contributed by atoms with Crippen LogP contribution in [-0.4, -0.2) is 36.5 Å². The van der Waals surface area contributed by atoms with Crippen LogP contribution in [-0.2, 0) is 20.7 Å². The van der Waals surface area contributed by atoms with Crippen molar-refractivity contribution in [2.75, 3.05) is 19.7 Å². The molecule has 0 bridgehead atoms. The second kappa shape index (κ2) is 7.20. The minimum absolute atomic E-state index is 0.0744. The Morgan fingerprint density at radius 1 is 1.43 bits per heavy atom. The minimum Gasteiger partial charge on any atom is -0.466 e. The second-order valence-electron chi connectivity index (χ2n) is 5.24. The van der Waals surface area contributed by atoms with Gasteiger partial charge in [-0.2, -0.15) is 0 Å². The monoisotopic (exact) mass is 293 g/mol. The van der Waals surface area contributed by atoms with E-state index in [-0.39, 0.29) is 30.0 Å². The Bertz CT molecular complexity index is 518. The van der Waals surface area contributed by atoms with E-state index in [1.807, 2.05) is 0 Å². The van der Waals surface area contributed by atoms with Crippen LogP contribution < -0.4 is 0 Å². The Labute approximate surface area is 123 Å². The molecule has 0 aromatic heterocycles. The summed E-state index contributed by atoms with van der Waals surface area (Å²) >= 11 is 0. The first-order chi connectivity index (χ1) is 10.1. The van der Waals surface area contributed by atoms with Gasteiger partial charge in [-0.1, -0.05) is 12.1 Å². The van der Waals surface area contributed by atoms with Crippen LogP contribution in [0, 0.1) is 11.7 Å². The average molecular weight is 293 g/mol. The molecule has 0 aliphatic carbocycles. The summed E-state index contributed by atoms with van der Waals surface area (Å²) in [6.45, 7) is 3.16. The van der Waals surface area contributed by atoms with E-state index < -0.39 is 0 Å². The van der Waals surface area contributed by atoms with Gasteiger partial charge in [-0.25, -0.2) is 4.39 Å². The van der Waals surface area contributed by atoms with E-state index in [1.54, 1.807) is 24.0 Å². The number of hydrogen-bond donors (Lipinski definition) is 0. The molecule has 4 nitrogen and oxygen atoms in total. The van der Waals surface area contributed by atoms with Crippen LogP contribution in [0.3, 0.4) is 0 Å². The summed E-state index contributed by atoms with van der Waals surface area (Å²) in [5, 5.41) is 0. The van der Waals surface area contributed by atoms with Crippen molar-refractivity contribution in [3.05, 3.63) is 35.6 Å². The van der Waals surface area contributed by atoms with Crippen molar-refractivity contribution >= 4 is 11.9 Å². The Balaban J connectivity index is 1.94.